The average Bonchev–Trinajstić information content (AvgIpc) is 3.20. The summed E-state index contributed by atoms with van der Waals surface area (Å²) in [6, 6.07) is 0. The van der Waals surface area contributed by atoms with E-state index in [-0.39, 0.29) is 44.3 Å². The van der Waals surface area contributed by atoms with Crippen LogP contribution in [-0.2, 0) is 28.5 Å². The molecule has 56 heavy (non-hydrogen) atoms. The standard InChI is InChI=1S/C48H89NO7/c1-6-11-14-17-19-20-21-22-23-24-25-26-28-31-34-38-46(50)54-41-44(43-56-48(52)53-40-35-39-49(9-4)10-5)42-55-47(51)45(36-32-29-16-13-8-3)37-33-30-27-18-15-12-7-2/h19-20,22-23,44-45H,6-18,21,24-43H2,1-5H3/b20-19-,23-22-. The molecule has 0 aliphatic carbocycles. The highest BCUT2D eigenvalue weighted by atomic mass is 16.7. The Morgan fingerprint density at radius 1 is 0.500 bits per heavy atom. The van der Waals surface area contributed by atoms with Crippen LogP contribution in [-0.4, -0.2) is 69.1 Å². The first kappa shape index (κ1) is 53.6. The highest BCUT2D eigenvalue weighted by molar-refractivity contribution is 5.72. The third-order valence-corrected chi connectivity index (χ3v) is 10.6. The average molecular weight is 792 g/mol. The Morgan fingerprint density at radius 3 is 1.57 bits per heavy atom. The van der Waals surface area contributed by atoms with Crippen molar-refractivity contribution in [1.29, 1.82) is 0 Å². The van der Waals surface area contributed by atoms with Crippen LogP contribution >= 0.6 is 0 Å². The summed E-state index contributed by atoms with van der Waals surface area (Å²) < 4.78 is 22.3. The van der Waals surface area contributed by atoms with Crippen molar-refractivity contribution in [3.63, 3.8) is 0 Å². The Bertz CT molecular complexity index is 948. The minimum absolute atomic E-state index is 0.0288. The van der Waals surface area contributed by atoms with Gasteiger partial charge in [-0.15, -0.1) is 0 Å². The van der Waals surface area contributed by atoms with Gasteiger partial charge >= 0.3 is 18.1 Å². The van der Waals surface area contributed by atoms with E-state index in [1.165, 1.54) is 83.5 Å². The molecule has 0 heterocycles. The molecule has 0 saturated heterocycles. The van der Waals surface area contributed by atoms with E-state index in [4.69, 9.17) is 18.9 Å². The Labute approximate surface area is 345 Å². The zero-order chi connectivity index (χ0) is 41.2. The zero-order valence-electron chi connectivity index (χ0n) is 37.3. The Morgan fingerprint density at radius 2 is 0.982 bits per heavy atom. The van der Waals surface area contributed by atoms with Gasteiger partial charge in [-0.25, -0.2) is 4.79 Å². The number of unbranched alkanes of at least 4 members (excludes halogenated alkanes) is 18. The highest BCUT2D eigenvalue weighted by Crippen LogP contribution is 2.21. The number of esters is 2. The van der Waals surface area contributed by atoms with Gasteiger partial charge in [0.1, 0.15) is 19.8 Å². The molecule has 8 nitrogen and oxygen atoms in total. The van der Waals surface area contributed by atoms with Crippen LogP contribution in [0.15, 0.2) is 24.3 Å². The lowest BCUT2D eigenvalue weighted by atomic mass is 9.94. The summed E-state index contributed by atoms with van der Waals surface area (Å²) >= 11 is 0. The van der Waals surface area contributed by atoms with Crippen molar-refractivity contribution in [3.8, 4) is 0 Å². The first-order valence-electron chi connectivity index (χ1n) is 23.6. The molecule has 0 aliphatic rings. The number of nitrogens with zero attached hydrogens (tertiary/aromatic N) is 1. The normalized spacial score (nSPS) is 12.8. The largest absolute Gasteiger partial charge is 0.508 e. The first-order chi connectivity index (χ1) is 27.4. The SMILES string of the molecule is CCCCC/C=C\C/C=C\CCCCCCCC(=O)OCC(COC(=O)OCCCN(CC)CC)COC(=O)C(CCCCCCC)CCCCCCCCC. The lowest BCUT2D eigenvalue weighted by Crippen LogP contribution is -2.29. The van der Waals surface area contributed by atoms with Crippen molar-refractivity contribution in [3.05, 3.63) is 24.3 Å². The van der Waals surface area contributed by atoms with Crippen LogP contribution in [0.4, 0.5) is 4.79 Å². The van der Waals surface area contributed by atoms with Gasteiger partial charge in [0.15, 0.2) is 0 Å². The Hall–Kier alpha value is -2.35. The van der Waals surface area contributed by atoms with Crippen LogP contribution < -0.4 is 0 Å². The van der Waals surface area contributed by atoms with Crippen LogP contribution in [0.25, 0.3) is 0 Å². The second-order valence-corrected chi connectivity index (χ2v) is 15.8. The minimum Gasteiger partial charge on any atom is -0.465 e. The molecule has 328 valence electrons. The summed E-state index contributed by atoms with van der Waals surface area (Å²) in [5.74, 6) is -1.05. The minimum atomic E-state index is -0.749. The third kappa shape index (κ3) is 36.0. The van der Waals surface area contributed by atoms with E-state index in [0.29, 0.717) is 6.42 Å². The van der Waals surface area contributed by atoms with Gasteiger partial charge in [-0.05, 0) is 70.9 Å². The predicted octanol–water partition coefficient (Wildman–Crippen LogP) is 13.5. The van der Waals surface area contributed by atoms with Crippen molar-refractivity contribution in [2.24, 2.45) is 11.8 Å². The van der Waals surface area contributed by atoms with E-state index >= 15 is 0 Å². The number of carbonyl (C=O) groups excluding carboxylic acids is 3. The number of hydrogen-bond acceptors (Lipinski definition) is 8. The third-order valence-electron chi connectivity index (χ3n) is 10.6. The predicted molar refractivity (Wildman–Crippen MR) is 234 cm³/mol. The summed E-state index contributed by atoms with van der Waals surface area (Å²) in [7, 11) is 0. The molecule has 2 unspecified atom stereocenters. The Kier molecular flexibility index (Phi) is 40.5. The van der Waals surface area contributed by atoms with Gasteiger partial charge in [-0.3, -0.25) is 9.59 Å². The Balaban J connectivity index is 4.88. The maximum Gasteiger partial charge on any atom is 0.508 e. The van der Waals surface area contributed by atoms with E-state index in [0.717, 1.165) is 103 Å². The summed E-state index contributed by atoms with van der Waals surface area (Å²) in [6.45, 7) is 14.0. The fourth-order valence-electron chi connectivity index (χ4n) is 6.76. The molecule has 0 aliphatic heterocycles. The zero-order valence-corrected chi connectivity index (χ0v) is 37.3. The molecular weight excluding hydrogens is 703 g/mol. The molecule has 0 bridgehead atoms. The van der Waals surface area contributed by atoms with Gasteiger partial charge in [0, 0.05) is 13.0 Å². The first-order valence-corrected chi connectivity index (χ1v) is 23.6. The number of carbonyl (C=O) groups is 3. The lowest BCUT2D eigenvalue weighted by Gasteiger charge is -2.20. The maximum absolute atomic E-state index is 13.4. The molecule has 0 fully saturated rings. The van der Waals surface area contributed by atoms with E-state index < -0.39 is 12.1 Å². The van der Waals surface area contributed by atoms with E-state index in [9.17, 15) is 14.4 Å². The topological polar surface area (TPSA) is 91.4 Å². The molecule has 0 aromatic rings. The number of hydrogen-bond donors (Lipinski definition) is 0. The summed E-state index contributed by atoms with van der Waals surface area (Å²) in [4.78, 5) is 40.8. The molecule has 0 rings (SSSR count). The van der Waals surface area contributed by atoms with E-state index in [1.54, 1.807) is 0 Å². The quantitative estimate of drug-likeness (QED) is 0.0262. The van der Waals surface area contributed by atoms with Crippen molar-refractivity contribution >= 4 is 18.1 Å². The molecule has 0 radical (unpaired) electrons. The molecular formula is C48H89NO7. The van der Waals surface area contributed by atoms with E-state index in [1.807, 2.05) is 0 Å². The van der Waals surface area contributed by atoms with Crippen LogP contribution in [0.2, 0.25) is 0 Å². The van der Waals surface area contributed by atoms with Gasteiger partial charge in [0.2, 0.25) is 0 Å². The van der Waals surface area contributed by atoms with Crippen LogP contribution in [0, 0.1) is 11.8 Å². The number of rotatable bonds is 41. The van der Waals surface area contributed by atoms with Gasteiger partial charge in [-0.1, -0.05) is 168 Å². The molecule has 0 spiro atoms. The molecule has 8 heteroatoms. The second kappa shape index (κ2) is 42.3. The second-order valence-electron chi connectivity index (χ2n) is 15.8. The van der Waals surface area contributed by atoms with Crippen molar-refractivity contribution in [2.45, 2.75) is 208 Å². The monoisotopic (exact) mass is 792 g/mol. The van der Waals surface area contributed by atoms with E-state index in [2.05, 4.69) is 63.8 Å². The highest BCUT2D eigenvalue weighted by Gasteiger charge is 2.23. The molecule has 0 saturated carbocycles. The number of ether oxygens (including phenoxy) is 4. The fourth-order valence-corrected chi connectivity index (χ4v) is 6.76. The number of allylic oxidation sites excluding steroid dienone is 4. The van der Waals surface area contributed by atoms with Gasteiger partial charge in [0.05, 0.1) is 18.4 Å². The van der Waals surface area contributed by atoms with Crippen LogP contribution in [0.1, 0.15) is 208 Å². The molecule has 2 atom stereocenters. The molecule has 0 aromatic carbocycles. The molecule has 0 N–H and O–H groups in total. The molecule has 0 amide bonds. The fraction of sp³-hybridized carbons (Fsp3) is 0.854. The maximum atomic E-state index is 13.4. The summed E-state index contributed by atoms with van der Waals surface area (Å²) in [6.07, 6.45) is 37.7. The van der Waals surface area contributed by atoms with Crippen LogP contribution in [0.5, 0.6) is 0 Å². The van der Waals surface area contributed by atoms with Crippen molar-refractivity contribution < 1.29 is 33.3 Å². The summed E-state index contributed by atoms with van der Waals surface area (Å²) in [5.41, 5.74) is 0. The summed E-state index contributed by atoms with van der Waals surface area (Å²) in [5, 5.41) is 0. The van der Waals surface area contributed by atoms with Crippen molar-refractivity contribution in [1.82, 2.24) is 4.90 Å². The smallest absolute Gasteiger partial charge is 0.465 e. The van der Waals surface area contributed by atoms with Crippen molar-refractivity contribution in [2.75, 3.05) is 46.1 Å². The van der Waals surface area contributed by atoms with Gasteiger partial charge in [0.25, 0.3) is 0 Å². The van der Waals surface area contributed by atoms with Crippen LogP contribution in [0.3, 0.4) is 0 Å². The molecule has 0 aromatic heterocycles. The van der Waals surface area contributed by atoms with Gasteiger partial charge < -0.3 is 23.8 Å². The lowest BCUT2D eigenvalue weighted by molar-refractivity contribution is -0.153. The van der Waals surface area contributed by atoms with Gasteiger partial charge in [-0.2, -0.15) is 0 Å².